The zero-order valence-corrected chi connectivity index (χ0v) is 24.4. The van der Waals surface area contributed by atoms with Crippen molar-refractivity contribution in [2.24, 2.45) is 15.9 Å². The van der Waals surface area contributed by atoms with E-state index in [0.717, 1.165) is 62.4 Å². The lowest BCUT2D eigenvalue weighted by atomic mass is 10.0. The van der Waals surface area contributed by atoms with Crippen LogP contribution < -0.4 is 4.90 Å². The van der Waals surface area contributed by atoms with Gasteiger partial charge in [0, 0.05) is 36.3 Å². The fourth-order valence-electron chi connectivity index (χ4n) is 4.87. The van der Waals surface area contributed by atoms with Gasteiger partial charge in [-0.3, -0.25) is 4.99 Å². The Kier molecular flexibility index (Phi) is 10.2. The summed E-state index contributed by atoms with van der Waals surface area (Å²) in [5.74, 6) is 0.943. The summed E-state index contributed by atoms with van der Waals surface area (Å²) in [7, 11) is -1.06. The molecule has 0 saturated carbocycles. The van der Waals surface area contributed by atoms with Crippen LogP contribution >= 0.6 is 0 Å². The average molecular weight is 563 g/mol. The van der Waals surface area contributed by atoms with Gasteiger partial charge in [0.25, 0.3) is 0 Å². The van der Waals surface area contributed by atoms with Crippen LogP contribution in [0.4, 0.5) is 10.1 Å². The van der Waals surface area contributed by atoms with Gasteiger partial charge in [0.15, 0.2) is 15.7 Å². The molecule has 1 unspecified atom stereocenters. The van der Waals surface area contributed by atoms with Crippen molar-refractivity contribution in [1.82, 2.24) is 4.90 Å². The predicted octanol–water partition coefficient (Wildman–Crippen LogP) is 5.88. The topological polar surface area (TPSA) is 65.3 Å². The Hall–Kier alpha value is -3.36. The highest BCUT2D eigenvalue weighted by Crippen LogP contribution is 2.20. The minimum absolute atomic E-state index is 0.212. The van der Waals surface area contributed by atoms with Crippen molar-refractivity contribution < 1.29 is 12.8 Å². The van der Waals surface area contributed by atoms with Gasteiger partial charge in [-0.1, -0.05) is 43.3 Å². The molecule has 212 valence electrons. The number of anilines is 1. The van der Waals surface area contributed by atoms with Gasteiger partial charge in [-0.2, -0.15) is 0 Å². The molecule has 6 nitrogen and oxygen atoms in total. The summed E-state index contributed by atoms with van der Waals surface area (Å²) in [5, 5.41) is 0. The van der Waals surface area contributed by atoms with E-state index in [0.29, 0.717) is 23.2 Å². The normalized spacial score (nSPS) is 14.2. The second-order valence-electron chi connectivity index (χ2n) is 10.8. The number of rotatable bonds is 14. The van der Waals surface area contributed by atoms with Crippen LogP contribution in [0.1, 0.15) is 37.3 Å². The smallest absolute Gasteiger partial charge is 0.175 e. The molecule has 40 heavy (non-hydrogen) atoms. The number of halogens is 1. The third-order valence-corrected chi connectivity index (χ3v) is 8.29. The van der Waals surface area contributed by atoms with E-state index in [1.165, 1.54) is 17.9 Å². The number of aliphatic imine (C=N–C) groups is 2. The minimum atomic E-state index is -3.22. The van der Waals surface area contributed by atoms with Gasteiger partial charge < -0.3 is 9.80 Å². The summed E-state index contributed by atoms with van der Waals surface area (Å²) in [6.45, 7) is 6.40. The molecule has 0 aliphatic carbocycles. The summed E-state index contributed by atoms with van der Waals surface area (Å²) in [6, 6.07) is 23.9. The van der Waals surface area contributed by atoms with E-state index in [-0.39, 0.29) is 5.82 Å². The van der Waals surface area contributed by atoms with Crippen molar-refractivity contribution >= 4 is 27.1 Å². The SMILES string of the molecule is CC(CCN(C)CCCN(Cc1ccccc1)c1cccc(F)c1)CC1=NC(c2ccc(S(C)(=O)=O)cc2)=NC1. The lowest BCUT2D eigenvalue weighted by Crippen LogP contribution is -2.29. The first-order valence-corrected chi connectivity index (χ1v) is 15.7. The number of amidine groups is 1. The molecule has 0 radical (unpaired) electrons. The molecule has 1 atom stereocenters. The van der Waals surface area contributed by atoms with Crippen LogP contribution in [0.15, 0.2) is 93.7 Å². The lowest BCUT2D eigenvalue weighted by Gasteiger charge is -2.27. The average Bonchev–Trinajstić information content (AvgIpc) is 3.40. The van der Waals surface area contributed by atoms with E-state index in [2.05, 4.69) is 40.9 Å². The fraction of sp³-hybridized carbons (Fsp3) is 0.375. The fourth-order valence-corrected chi connectivity index (χ4v) is 5.50. The summed E-state index contributed by atoms with van der Waals surface area (Å²) >= 11 is 0. The highest BCUT2D eigenvalue weighted by Gasteiger charge is 2.16. The minimum Gasteiger partial charge on any atom is -0.367 e. The summed E-state index contributed by atoms with van der Waals surface area (Å²) in [4.78, 5) is 14.2. The second kappa shape index (κ2) is 13.8. The van der Waals surface area contributed by atoms with Crippen LogP contribution in [-0.2, 0) is 16.4 Å². The Bertz CT molecular complexity index is 1420. The molecule has 0 aromatic heterocycles. The third-order valence-electron chi connectivity index (χ3n) is 7.16. The Morgan fingerprint density at radius 3 is 2.40 bits per heavy atom. The number of nitrogens with zero attached hydrogens (tertiary/aromatic N) is 4. The molecule has 0 fully saturated rings. The molecular formula is C32H39FN4O2S. The number of benzene rings is 3. The van der Waals surface area contributed by atoms with E-state index >= 15 is 0 Å². The molecule has 1 aliphatic heterocycles. The first-order valence-electron chi connectivity index (χ1n) is 13.8. The van der Waals surface area contributed by atoms with E-state index in [1.54, 1.807) is 36.4 Å². The molecule has 0 bridgehead atoms. The van der Waals surface area contributed by atoms with E-state index < -0.39 is 9.84 Å². The first kappa shape index (κ1) is 29.6. The molecule has 0 saturated heterocycles. The van der Waals surface area contributed by atoms with Crippen molar-refractivity contribution in [2.75, 3.05) is 44.4 Å². The first-order chi connectivity index (χ1) is 19.2. The lowest BCUT2D eigenvalue weighted by molar-refractivity contribution is 0.304. The third kappa shape index (κ3) is 8.83. The molecule has 1 heterocycles. The maximum Gasteiger partial charge on any atom is 0.175 e. The van der Waals surface area contributed by atoms with Crippen LogP contribution in [0.3, 0.4) is 0 Å². The molecule has 8 heteroatoms. The van der Waals surface area contributed by atoms with Gasteiger partial charge >= 0.3 is 0 Å². The molecule has 0 N–H and O–H groups in total. The van der Waals surface area contributed by atoms with Crippen molar-refractivity contribution in [3.8, 4) is 0 Å². The van der Waals surface area contributed by atoms with Crippen LogP contribution in [0.2, 0.25) is 0 Å². The molecule has 3 aromatic carbocycles. The zero-order chi connectivity index (χ0) is 28.5. The van der Waals surface area contributed by atoms with Crippen LogP contribution in [0.5, 0.6) is 0 Å². The van der Waals surface area contributed by atoms with Gasteiger partial charge in [-0.05, 0) is 93.3 Å². The summed E-state index contributed by atoms with van der Waals surface area (Å²) < 4.78 is 37.3. The van der Waals surface area contributed by atoms with Gasteiger partial charge in [-0.25, -0.2) is 17.8 Å². The largest absolute Gasteiger partial charge is 0.367 e. The van der Waals surface area contributed by atoms with Gasteiger partial charge in [0.2, 0.25) is 0 Å². The van der Waals surface area contributed by atoms with E-state index in [9.17, 15) is 12.8 Å². The highest BCUT2D eigenvalue weighted by atomic mass is 32.2. The van der Waals surface area contributed by atoms with Gasteiger partial charge in [0.1, 0.15) is 5.82 Å². The predicted molar refractivity (Wildman–Crippen MR) is 163 cm³/mol. The zero-order valence-electron chi connectivity index (χ0n) is 23.6. The number of hydrogen-bond acceptors (Lipinski definition) is 6. The Morgan fingerprint density at radius 1 is 0.950 bits per heavy atom. The Morgan fingerprint density at radius 2 is 1.70 bits per heavy atom. The number of sulfone groups is 1. The standard InChI is InChI=1S/C32H39FN4O2S/c1-25(21-29-23-34-32(35-29)27-13-15-31(16-14-27)40(3,38)39)17-20-36(2)18-8-19-37(24-26-9-5-4-6-10-26)30-12-7-11-28(33)22-30/h4-7,9-16,22,25H,8,17-21,23-24H2,1-3H3. The van der Waals surface area contributed by atoms with Crippen molar-refractivity contribution in [3.05, 3.63) is 95.8 Å². The van der Waals surface area contributed by atoms with Crippen molar-refractivity contribution in [3.63, 3.8) is 0 Å². The molecule has 0 spiro atoms. The summed E-state index contributed by atoms with van der Waals surface area (Å²) in [6.07, 6.45) is 4.15. The van der Waals surface area contributed by atoms with Crippen LogP contribution in [0, 0.1) is 11.7 Å². The van der Waals surface area contributed by atoms with Gasteiger partial charge in [0.05, 0.1) is 11.4 Å². The summed E-state index contributed by atoms with van der Waals surface area (Å²) in [5.41, 5.74) is 4.03. The van der Waals surface area contributed by atoms with E-state index in [1.807, 2.05) is 24.3 Å². The van der Waals surface area contributed by atoms with Gasteiger partial charge in [-0.15, -0.1) is 0 Å². The molecular weight excluding hydrogens is 523 g/mol. The second-order valence-corrected chi connectivity index (χ2v) is 12.8. The maximum absolute atomic E-state index is 13.9. The van der Waals surface area contributed by atoms with Crippen molar-refractivity contribution in [2.45, 2.75) is 37.6 Å². The Labute approximate surface area is 238 Å². The van der Waals surface area contributed by atoms with Crippen LogP contribution in [0.25, 0.3) is 0 Å². The molecule has 0 amide bonds. The molecule has 1 aliphatic rings. The molecule has 4 rings (SSSR count). The quantitative estimate of drug-likeness (QED) is 0.246. The van der Waals surface area contributed by atoms with E-state index in [4.69, 9.17) is 4.99 Å². The monoisotopic (exact) mass is 562 g/mol. The van der Waals surface area contributed by atoms with Crippen molar-refractivity contribution in [1.29, 1.82) is 0 Å². The molecule has 3 aromatic rings. The highest BCUT2D eigenvalue weighted by molar-refractivity contribution is 7.90. The number of hydrogen-bond donors (Lipinski definition) is 0. The van der Waals surface area contributed by atoms with Crippen LogP contribution in [-0.4, -0.2) is 64.3 Å². The maximum atomic E-state index is 13.9. The Balaban J connectivity index is 1.22.